The molecule has 0 spiro atoms. The number of pyridine rings is 1. The van der Waals surface area contributed by atoms with Crippen LogP contribution in [0.25, 0.3) is 11.3 Å². The van der Waals surface area contributed by atoms with Crippen molar-refractivity contribution in [1.82, 2.24) is 10.3 Å². The number of furan rings is 1. The number of rotatable bonds is 9. The lowest BCUT2D eigenvalue weighted by atomic mass is 10.0. The van der Waals surface area contributed by atoms with E-state index in [1.54, 1.807) is 42.6 Å². The molecule has 0 unspecified atom stereocenters. The molecule has 1 amide bonds. The number of methoxy groups -OCH3 is 2. The molecule has 0 radical (unpaired) electrons. The Bertz CT molecular complexity index is 1560. The molecule has 2 aromatic heterocycles. The normalized spacial score (nSPS) is 16.4. The number of anilines is 2. The minimum absolute atomic E-state index is 0.111. The highest BCUT2D eigenvalue weighted by Gasteiger charge is 2.42. The van der Waals surface area contributed by atoms with Crippen LogP contribution in [0.1, 0.15) is 33.9 Å². The van der Waals surface area contributed by atoms with Crippen molar-refractivity contribution in [3.05, 3.63) is 96.0 Å². The molecule has 1 saturated heterocycles. The van der Waals surface area contributed by atoms with Crippen molar-refractivity contribution in [2.45, 2.75) is 12.1 Å². The van der Waals surface area contributed by atoms with E-state index < -0.39 is 12.0 Å². The van der Waals surface area contributed by atoms with Crippen LogP contribution in [0.15, 0.2) is 83.4 Å². The van der Waals surface area contributed by atoms with Gasteiger partial charge in [-0.05, 0) is 66.8 Å². The molecule has 10 nitrogen and oxygen atoms in total. The van der Waals surface area contributed by atoms with Crippen LogP contribution in [-0.2, 0) is 9.53 Å². The van der Waals surface area contributed by atoms with Gasteiger partial charge in [-0.1, -0.05) is 18.2 Å². The fourth-order valence-electron chi connectivity index (χ4n) is 4.66. The largest absolute Gasteiger partial charge is 0.495 e. The minimum Gasteiger partial charge on any atom is -0.495 e. The molecule has 11 heteroatoms. The third-order valence-corrected chi connectivity index (χ3v) is 6.74. The number of hydrogen-bond acceptors (Lipinski definition) is 7. The van der Waals surface area contributed by atoms with Crippen LogP contribution in [0.4, 0.5) is 11.4 Å². The van der Waals surface area contributed by atoms with E-state index in [0.29, 0.717) is 39.3 Å². The van der Waals surface area contributed by atoms with E-state index in [2.05, 4.69) is 15.6 Å². The summed E-state index contributed by atoms with van der Waals surface area (Å²) in [6.07, 6.45) is 1.71. The molecule has 5 rings (SSSR count). The number of amides is 1. The average Bonchev–Trinajstić information content (AvgIpc) is 3.58. The van der Waals surface area contributed by atoms with E-state index in [9.17, 15) is 14.7 Å². The Labute approximate surface area is 235 Å². The Kier molecular flexibility index (Phi) is 7.76. The Hall–Kier alpha value is -4.74. The Morgan fingerprint density at radius 2 is 1.95 bits per heavy atom. The molecule has 40 heavy (non-hydrogen) atoms. The number of hydrogen-bond donors (Lipinski definition) is 3. The van der Waals surface area contributed by atoms with Gasteiger partial charge >= 0.3 is 5.97 Å². The van der Waals surface area contributed by atoms with Crippen LogP contribution >= 0.6 is 12.2 Å². The first-order chi connectivity index (χ1) is 19.4. The molecule has 4 aromatic rings. The lowest BCUT2D eigenvalue weighted by Gasteiger charge is -2.27. The zero-order valence-electron chi connectivity index (χ0n) is 21.7. The van der Waals surface area contributed by atoms with Gasteiger partial charge in [0, 0.05) is 24.6 Å². The lowest BCUT2D eigenvalue weighted by Crippen LogP contribution is -2.29. The maximum Gasteiger partial charge on any atom is 0.335 e. The number of benzene rings is 2. The average molecular weight is 559 g/mol. The predicted octanol–water partition coefficient (Wildman–Crippen LogP) is 4.81. The van der Waals surface area contributed by atoms with Gasteiger partial charge in [-0.3, -0.25) is 9.78 Å². The van der Waals surface area contributed by atoms with Gasteiger partial charge < -0.3 is 34.5 Å². The molecular formula is C29H26N4O6S. The first-order valence-electron chi connectivity index (χ1n) is 12.3. The molecule has 2 atom stereocenters. The summed E-state index contributed by atoms with van der Waals surface area (Å²) >= 11 is 5.80. The number of thiocarbonyl (C=S) groups is 1. The first-order valence-corrected chi connectivity index (χ1v) is 12.7. The zero-order valence-corrected chi connectivity index (χ0v) is 22.5. The van der Waals surface area contributed by atoms with Crippen molar-refractivity contribution >= 4 is 40.6 Å². The Morgan fingerprint density at radius 1 is 1.10 bits per heavy atom. The summed E-state index contributed by atoms with van der Waals surface area (Å²) in [5, 5.41) is 16.0. The van der Waals surface area contributed by atoms with Gasteiger partial charge in [0.05, 0.1) is 30.1 Å². The number of carbonyl (C=O) groups is 2. The second-order valence-corrected chi connectivity index (χ2v) is 9.34. The van der Waals surface area contributed by atoms with Gasteiger partial charge in [0.1, 0.15) is 29.9 Å². The predicted molar refractivity (Wildman–Crippen MR) is 153 cm³/mol. The van der Waals surface area contributed by atoms with Crippen molar-refractivity contribution in [1.29, 1.82) is 0 Å². The number of carboxylic acid groups (broad SMARTS) is 1. The van der Waals surface area contributed by atoms with E-state index in [1.807, 2.05) is 35.2 Å². The first kappa shape index (κ1) is 26.9. The summed E-state index contributed by atoms with van der Waals surface area (Å²) in [6, 6.07) is 20.4. The van der Waals surface area contributed by atoms with Crippen LogP contribution in [0.5, 0.6) is 5.75 Å². The van der Waals surface area contributed by atoms with Crippen molar-refractivity contribution in [3.8, 4) is 17.1 Å². The summed E-state index contributed by atoms with van der Waals surface area (Å²) in [6.45, 7) is -0.111. The maximum absolute atomic E-state index is 12.3. The maximum atomic E-state index is 12.3. The van der Waals surface area contributed by atoms with Crippen LogP contribution < -0.4 is 20.3 Å². The second-order valence-electron chi connectivity index (χ2n) is 8.95. The number of aromatic carboxylic acids is 1. The summed E-state index contributed by atoms with van der Waals surface area (Å²) < 4.78 is 16.7. The van der Waals surface area contributed by atoms with E-state index in [1.165, 1.54) is 20.3 Å². The standard InChI is InChI=1S/C29H26N4O6S/c1-37-16-25(34)31-21-15-19(9-10-23(21)38-2)33-27(26(32-29(33)40)20-8-3-4-13-30-20)24-12-11-22(39-24)17-6-5-7-18(14-17)28(35)36/h3-15,26-27H,16H2,1-2H3,(H,31,34)(H,32,40)(H,35,36)/t26-,27-/m1/s1. The Morgan fingerprint density at radius 3 is 2.67 bits per heavy atom. The van der Waals surface area contributed by atoms with Crippen molar-refractivity contribution in [3.63, 3.8) is 0 Å². The highest BCUT2D eigenvalue weighted by atomic mass is 32.1. The van der Waals surface area contributed by atoms with Crippen molar-refractivity contribution < 1.29 is 28.6 Å². The van der Waals surface area contributed by atoms with E-state index in [-0.39, 0.29) is 24.1 Å². The van der Waals surface area contributed by atoms with E-state index in [0.717, 1.165) is 5.69 Å². The zero-order chi connectivity index (χ0) is 28.2. The summed E-state index contributed by atoms with van der Waals surface area (Å²) in [5.74, 6) is 0.218. The fourth-order valence-corrected chi connectivity index (χ4v) is 5.00. The molecule has 1 aliphatic rings. The quantitative estimate of drug-likeness (QED) is 0.246. The molecule has 0 saturated carbocycles. The highest BCUT2D eigenvalue weighted by Crippen LogP contribution is 2.44. The van der Waals surface area contributed by atoms with Gasteiger partial charge in [0.2, 0.25) is 5.91 Å². The molecule has 3 heterocycles. The number of aromatic nitrogens is 1. The molecule has 3 N–H and O–H groups in total. The van der Waals surface area contributed by atoms with Gasteiger partial charge in [0.25, 0.3) is 0 Å². The molecule has 1 fully saturated rings. The number of nitrogens with zero attached hydrogens (tertiary/aromatic N) is 2. The third-order valence-electron chi connectivity index (χ3n) is 6.42. The highest BCUT2D eigenvalue weighted by molar-refractivity contribution is 7.80. The van der Waals surface area contributed by atoms with Crippen LogP contribution in [0, 0.1) is 0 Å². The second kappa shape index (κ2) is 11.6. The minimum atomic E-state index is -1.02. The number of nitrogens with one attached hydrogen (secondary N) is 2. The van der Waals surface area contributed by atoms with E-state index in [4.69, 9.17) is 26.1 Å². The molecule has 204 valence electrons. The van der Waals surface area contributed by atoms with Crippen LogP contribution in [0.3, 0.4) is 0 Å². The molecule has 0 bridgehead atoms. The van der Waals surface area contributed by atoms with Gasteiger partial charge in [0.15, 0.2) is 5.11 Å². The monoisotopic (exact) mass is 558 g/mol. The van der Waals surface area contributed by atoms with Crippen LogP contribution in [-0.4, -0.2) is 47.9 Å². The molecule has 1 aliphatic heterocycles. The van der Waals surface area contributed by atoms with E-state index >= 15 is 0 Å². The van der Waals surface area contributed by atoms with Crippen molar-refractivity contribution in [2.24, 2.45) is 0 Å². The van der Waals surface area contributed by atoms with Gasteiger partial charge in [-0.15, -0.1) is 0 Å². The molecular weight excluding hydrogens is 532 g/mol. The number of ether oxygens (including phenoxy) is 2. The van der Waals surface area contributed by atoms with Gasteiger partial charge in [-0.25, -0.2) is 4.79 Å². The third kappa shape index (κ3) is 5.37. The summed E-state index contributed by atoms with van der Waals surface area (Å²) in [4.78, 5) is 30.3. The topological polar surface area (TPSA) is 126 Å². The van der Waals surface area contributed by atoms with Crippen LogP contribution in [0.2, 0.25) is 0 Å². The summed E-state index contributed by atoms with van der Waals surface area (Å²) in [7, 11) is 2.96. The Balaban J connectivity index is 1.58. The summed E-state index contributed by atoms with van der Waals surface area (Å²) in [5.41, 5.74) is 2.68. The number of carbonyl (C=O) groups excluding carboxylic acids is 1. The smallest absolute Gasteiger partial charge is 0.335 e. The lowest BCUT2D eigenvalue weighted by molar-refractivity contribution is -0.119. The fraction of sp³-hybridized carbons (Fsp3) is 0.172. The molecule has 0 aliphatic carbocycles. The van der Waals surface area contributed by atoms with Crippen molar-refractivity contribution in [2.75, 3.05) is 31.0 Å². The molecule has 2 aromatic carbocycles. The number of carboxylic acids is 1. The van der Waals surface area contributed by atoms with Gasteiger partial charge in [-0.2, -0.15) is 0 Å². The SMILES string of the molecule is COCC(=O)Nc1cc(N2C(=S)N[C@H](c3ccccn3)[C@H]2c2ccc(-c3cccc(C(=O)O)c3)o2)ccc1OC.